The van der Waals surface area contributed by atoms with Crippen molar-refractivity contribution in [3.8, 4) is 0 Å². The maximum Gasteiger partial charge on any atom is 0.344 e. The number of hydrogen-bond acceptors (Lipinski definition) is 8. The normalized spacial score (nSPS) is 26.6. The third-order valence-corrected chi connectivity index (χ3v) is 5.54. The van der Waals surface area contributed by atoms with Crippen LogP contribution in [0.15, 0.2) is 12.2 Å². The minimum absolute atomic E-state index is 0.130. The van der Waals surface area contributed by atoms with Crippen LogP contribution in [0.3, 0.4) is 0 Å². The van der Waals surface area contributed by atoms with Gasteiger partial charge in [-0.05, 0) is 63.2 Å². The quantitative estimate of drug-likeness (QED) is 0.333. The van der Waals surface area contributed by atoms with E-state index in [0.29, 0.717) is 11.8 Å². The topological polar surface area (TPSA) is 105 Å². The van der Waals surface area contributed by atoms with E-state index >= 15 is 0 Å². The van der Waals surface area contributed by atoms with E-state index in [4.69, 9.17) is 18.9 Å². The fourth-order valence-electron chi connectivity index (χ4n) is 3.63. The molecule has 0 saturated heterocycles. The molecular formula is C22H32O8. The van der Waals surface area contributed by atoms with E-state index in [1.165, 1.54) is 0 Å². The summed E-state index contributed by atoms with van der Waals surface area (Å²) in [6.07, 6.45) is 8.72. The van der Waals surface area contributed by atoms with Crippen LogP contribution in [0.1, 0.15) is 65.2 Å². The molecule has 2 saturated carbocycles. The molecule has 0 heterocycles. The van der Waals surface area contributed by atoms with Crippen LogP contribution in [0, 0.1) is 11.8 Å². The van der Waals surface area contributed by atoms with Gasteiger partial charge in [0.1, 0.15) is 12.2 Å². The van der Waals surface area contributed by atoms with Gasteiger partial charge in [-0.3, -0.25) is 0 Å². The molecule has 0 atom stereocenters. The van der Waals surface area contributed by atoms with Crippen LogP contribution in [0.4, 0.5) is 0 Å². The molecule has 168 valence electrons. The first-order chi connectivity index (χ1) is 14.3. The second-order valence-electron chi connectivity index (χ2n) is 8.29. The van der Waals surface area contributed by atoms with E-state index in [1.54, 1.807) is 0 Å². The zero-order chi connectivity index (χ0) is 21.9. The average molecular weight is 424 g/mol. The number of ether oxygens (including phenoxy) is 4. The molecule has 8 heteroatoms. The fraction of sp³-hybridized carbons (Fsp3) is 0.727. The summed E-state index contributed by atoms with van der Waals surface area (Å²) in [5, 5.41) is 0. The first-order valence-corrected chi connectivity index (χ1v) is 10.7. The van der Waals surface area contributed by atoms with Gasteiger partial charge in [-0.2, -0.15) is 0 Å². The van der Waals surface area contributed by atoms with Gasteiger partial charge in [-0.15, -0.1) is 0 Å². The highest BCUT2D eigenvalue weighted by Crippen LogP contribution is 2.26. The molecule has 0 aliphatic heterocycles. The summed E-state index contributed by atoms with van der Waals surface area (Å²) in [5.41, 5.74) is 0. The van der Waals surface area contributed by atoms with Crippen molar-refractivity contribution in [1.29, 1.82) is 0 Å². The number of carbonyl (C=O) groups excluding carboxylic acids is 4. The monoisotopic (exact) mass is 424 g/mol. The summed E-state index contributed by atoms with van der Waals surface area (Å²) in [6, 6.07) is 0. The summed E-state index contributed by atoms with van der Waals surface area (Å²) in [7, 11) is 0. The lowest BCUT2D eigenvalue weighted by Crippen LogP contribution is -2.26. The molecule has 2 rings (SSSR count). The third-order valence-electron chi connectivity index (χ3n) is 5.54. The molecule has 0 aromatic heterocycles. The van der Waals surface area contributed by atoms with Gasteiger partial charge in [0.05, 0.1) is 0 Å². The fourth-order valence-corrected chi connectivity index (χ4v) is 3.63. The predicted molar refractivity (Wildman–Crippen MR) is 106 cm³/mol. The Bertz CT molecular complexity index is 571. The first-order valence-electron chi connectivity index (χ1n) is 10.7. The molecule has 0 radical (unpaired) electrons. The number of carbonyl (C=O) groups is 4. The smallest absolute Gasteiger partial charge is 0.344 e. The molecule has 0 aromatic carbocycles. The van der Waals surface area contributed by atoms with Gasteiger partial charge in [-0.1, -0.05) is 13.8 Å². The molecule has 2 aliphatic carbocycles. The zero-order valence-electron chi connectivity index (χ0n) is 17.8. The lowest BCUT2D eigenvalue weighted by Gasteiger charge is -2.25. The van der Waals surface area contributed by atoms with E-state index in [2.05, 4.69) is 13.8 Å². The molecule has 0 spiro atoms. The zero-order valence-corrected chi connectivity index (χ0v) is 17.8. The molecule has 0 bridgehead atoms. The number of rotatable bonds is 8. The van der Waals surface area contributed by atoms with Crippen LogP contribution in [0.5, 0.6) is 0 Å². The van der Waals surface area contributed by atoms with Crippen molar-refractivity contribution in [2.24, 2.45) is 11.8 Å². The minimum Gasteiger partial charge on any atom is -0.460 e. The van der Waals surface area contributed by atoms with Crippen LogP contribution in [0.25, 0.3) is 0 Å². The Labute approximate surface area is 177 Å². The summed E-state index contributed by atoms with van der Waals surface area (Å²) in [5.74, 6) is -1.70. The standard InChI is InChI=1S/C22H32O8/c1-15-3-7-17(8-4-15)29-21(25)13-27-19(23)11-12-20(24)28-14-22(26)30-18-9-5-16(2)6-10-18/h11-12,15-18H,3-10,13-14H2,1-2H3/b12-11+. The largest absolute Gasteiger partial charge is 0.460 e. The lowest BCUT2D eigenvalue weighted by molar-refractivity contribution is -0.162. The summed E-state index contributed by atoms with van der Waals surface area (Å²) >= 11 is 0. The molecule has 0 amide bonds. The van der Waals surface area contributed by atoms with Crippen molar-refractivity contribution < 1.29 is 38.1 Å². The summed E-state index contributed by atoms with van der Waals surface area (Å²) in [4.78, 5) is 46.7. The Balaban J connectivity index is 1.56. The summed E-state index contributed by atoms with van der Waals surface area (Å²) in [6.45, 7) is 3.29. The highest BCUT2D eigenvalue weighted by atomic mass is 16.6. The Kier molecular flexibility index (Phi) is 9.83. The van der Waals surface area contributed by atoms with E-state index in [1.807, 2.05) is 0 Å². The summed E-state index contributed by atoms with van der Waals surface area (Å²) < 4.78 is 20.0. The predicted octanol–water partition coefficient (Wildman–Crippen LogP) is 2.87. The molecule has 0 aromatic rings. The van der Waals surface area contributed by atoms with Crippen LogP contribution in [-0.2, 0) is 38.1 Å². The lowest BCUT2D eigenvalue weighted by atomic mass is 9.89. The minimum atomic E-state index is -0.875. The molecule has 2 fully saturated rings. The average Bonchev–Trinajstić information content (AvgIpc) is 2.72. The van der Waals surface area contributed by atoms with E-state index in [0.717, 1.165) is 63.5 Å². The highest BCUT2D eigenvalue weighted by molar-refractivity contribution is 5.93. The number of esters is 4. The van der Waals surface area contributed by atoms with E-state index in [9.17, 15) is 19.2 Å². The van der Waals surface area contributed by atoms with Crippen molar-refractivity contribution in [1.82, 2.24) is 0 Å². The van der Waals surface area contributed by atoms with Crippen LogP contribution >= 0.6 is 0 Å². The van der Waals surface area contributed by atoms with Gasteiger partial charge >= 0.3 is 23.9 Å². The molecular weight excluding hydrogens is 392 g/mol. The van der Waals surface area contributed by atoms with E-state index in [-0.39, 0.29) is 12.2 Å². The SMILES string of the molecule is CC1CCC(OC(=O)COC(=O)/C=C/C(=O)OCC(=O)OC2CCC(C)CC2)CC1. The van der Waals surface area contributed by atoms with Gasteiger partial charge in [0.2, 0.25) is 0 Å². The van der Waals surface area contributed by atoms with Crippen molar-refractivity contribution in [3.05, 3.63) is 12.2 Å². The Morgan fingerprint density at radius 2 is 0.967 bits per heavy atom. The van der Waals surface area contributed by atoms with E-state index < -0.39 is 37.1 Å². The first kappa shape index (κ1) is 23.9. The number of hydrogen-bond donors (Lipinski definition) is 0. The van der Waals surface area contributed by atoms with Crippen LogP contribution in [0.2, 0.25) is 0 Å². The van der Waals surface area contributed by atoms with Gasteiger partial charge in [0.15, 0.2) is 13.2 Å². The molecule has 2 aliphatic rings. The molecule has 0 N–H and O–H groups in total. The second kappa shape index (κ2) is 12.3. The van der Waals surface area contributed by atoms with Crippen molar-refractivity contribution in [2.75, 3.05) is 13.2 Å². The van der Waals surface area contributed by atoms with Crippen molar-refractivity contribution in [2.45, 2.75) is 77.4 Å². The Hall–Kier alpha value is -2.38. The second-order valence-corrected chi connectivity index (χ2v) is 8.29. The van der Waals surface area contributed by atoms with Gasteiger partial charge in [0.25, 0.3) is 0 Å². The molecule has 8 nitrogen and oxygen atoms in total. The maximum absolute atomic E-state index is 11.7. The van der Waals surface area contributed by atoms with Crippen molar-refractivity contribution >= 4 is 23.9 Å². The third kappa shape index (κ3) is 9.41. The Morgan fingerprint density at radius 3 is 1.30 bits per heavy atom. The molecule has 30 heavy (non-hydrogen) atoms. The van der Waals surface area contributed by atoms with Gasteiger partial charge < -0.3 is 18.9 Å². The van der Waals surface area contributed by atoms with Gasteiger partial charge in [-0.25, -0.2) is 19.2 Å². The van der Waals surface area contributed by atoms with Crippen LogP contribution in [-0.4, -0.2) is 49.3 Å². The molecule has 0 unspecified atom stereocenters. The Morgan fingerprint density at radius 1 is 0.633 bits per heavy atom. The van der Waals surface area contributed by atoms with Gasteiger partial charge in [0, 0.05) is 12.2 Å². The van der Waals surface area contributed by atoms with Crippen molar-refractivity contribution in [3.63, 3.8) is 0 Å². The highest BCUT2D eigenvalue weighted by Gasteiger charge is 2.23. The maximum atomic E-state index is 11.7. The van der Waals surface area contributed by atoms with Crippen LogP contribution < -0.4 is 0 Å².